The number of fused-ring (bicyclic) bond motifs is 1. The van der Waals surface area contributed by atoms with E-state index in [1.54, 1.807) is 9.47 Å². The number of nitrogens with zero attached hydrogens (tertiary/aromatic N) is 4. The Morgan fingerprint density at radius 1 is 1.44 bits per heavy atom. The van der Waals surface area contributed by atoms with Crippen molar-refractivity contribution in [3.8, 4) is 0 Å². The van der Waals surface area contributed by atoms with Gasteiger partial charge in [-0.15, -0.1) is 0 Å². The van der Waals surface area contributed by atoms with Crippen LogP contribution in [0.2, 0.25) is 0 Å². The lowest BCUT2D eigenvalue weighted by atomic mass is 9.88. The minimum atomic E-state index is -1.34. The van der Waals surface area contributed by atoms with E-state index in [-0.39, 0.29) is 35.0 Å². The predicted octanol–water partition coefficient (Wildman–Crippen LogP) is 2.52. The van der Waals surface area contributed by atoms with E-state index < -0.39 is 28.2 Å². The van der Waals surface area contributed by atoms with Crippen molar-refractivity contribution in [1.29, 1.82) is 0 Å². The molecule has 1 saturated carbocycles. The number of carboxylic acid groups (broad SMARTS) is 1. The molecule has 32 heavy (non-hydrogen) atoms. The Kier molecular flexibility index (Phi) is 5.23. The van der Waals surface area contributed by atoms with E-state index in [9.17, 15) is 14.7 Å². The lowest BCUT2D eigenvalue weighted by molar-refractivity contribution is -0.000438. The van der Waals surface area contributed by atoms with Gasteiger partial charge in [0.1, 0.15) is 16.8 Å². The van der Waals surface area contributed by atoms with Crippen molar-refractivity contribution >= 4 is 28.5 Å². The zero-order chi connectivity index (χ0) is 23.4. The molecule has 1 aliphatic heterocycles. The lowest BCUT2D eigenvalue weighted by Crippen LogP contribution is -2.36. The van der Waals surface area contributed by atoms with Gasteiger partial charge < -0.3 is 25.1 Å². The molecule has 9 nitrogen and oxygen atoms in total. The van der Waals surface area contributed by atoms with Crippen LogP contribution in [-0.2, 0) is 4.84 Å². The number of rotatable bonds is 5. The molecule has 0 amide bonds. The van der Waals surface area contributed by atoms with Crippen LogP contribution < -0.4 is 16.1 Å². The fraction of sp³-hybridized carbons (Fsp3) is 0.545. The second-order valence-corrected chi connectivity index (χ2v) is 9.84. The van der Waals surface area contributed by atoms with Gasteiger partial charge in [0, 0.05) is 30.7 Å². The highest BCUT2D eigenvalue weighted by molar-refractivity contribution is 5.97. The van der Waals surface area contributed by atoms with Crippen LogP contribution in [0.3, 0.4) is 0 Å². The summed E-state index contributed by atoms with van der Waals surface area (Å²) in [5.41, 5.74) is 4.86. The van der Waals surface area contributed by atoms with Gasteiger partial charge in [0.15, 0.2) is 11.6 Å². The van der Waals surface area contributed by atoms with Crippen LogP contribution in [-0.4, -0.2) is 51.6 Å². The highest BCUT2D eigenvalue weighted by Gasteiger charge is 2.41. The standard InChI is InChI=1S/C22H28FN5O4/c1-21(2,3)32-26-16-9-27(11-22(16,4)10-24)19-15(23)7-13-17(29)14(20(30)31)8-28(12-5-6-12)18(13)25-19/h7-8,12H,5-6,9-11,24H2,1-4H3,(H,30,31)/b26-16-. The number of halogens is 1. The molecule has 3 N–H and O–H groups in total. The Morgan fingerprint density at radius 2 is 2.12 bits per heavy atom. The molecule has 172 valence electrons. The molecule has 4 rings (SSSR count). The molecule has 2 fully saturated rings. The zero-order valence-corrected chi connectivity index (χ0v) is 18.7. The highest BCUT2D eigenvalue weighted by atomic mass is 19.1. The summed E-state index contributed by atoms with van der Waals surface area (Å²) in [5.74, 6) is -1.96. The second kappa shape index (κ2) is 7.54. The molecular weight excluding hydrogens is 417 g/mol. The van der Waals surface area contributed by atoms with Gasteiger partial charge in [0.25, 0.3) is 0 Å². The van der Waals surface area contributed by atoms with Crippen molar-refractivity contribution in [2.75, 3.05) is 24.5 Å². The summed E-state index contributed by atoms with van der Waals surface area (Å²) in [6.07, 6.45) is 3.01. The number of aromatic carboxylic acids is 1. The van der Waals surface area contributed by atoms with E-state index in [2.05, 4.69) is 10.1 Å². The summed E-state index contributed by atoms with van der Waals surface area (Å²) in [4.78, 5) is 36.0. The SMILES string of the molecule is CC(C)(C)O/N=C1/CN(c2nc3c(cc2F)c(=O)c(C(=O)O)cn3C2CC2)CC1(C)CN. The topological polar surface area (TPSA) is 123 Å². The van der Waals surface area contributed by atoms with Gasteiger partial charge >= 0.3 is 5.97 Å². The number of carbonyl (C=O) groups is 1. The third-order valence-electron chi connectivity index (χ3n) is 5.87. The maximum atomic E-state index is 15.2. The molecule has 1 atom stereocenters. The largest absolute Gasteiger partial charge is 0.477 e. The van der Waals surface area contributed by atoms with Crippen molar-refractivity contribution in [2.45, 2.75) is 52.2 Å². The van der Waals surface area contributed by atoms with Crippen LogP contribution in [0.1, 0.15) is 56.9 Å². The molecule has 2 aromatic rings. The smallest absolute Gasteiger partial charge is 0.341 e. The van der Waals surface area contributed by atoms with Crippen LogP contribution in [0.4, 0.5) is 10.2 Å². The third-order valence-corrected chi connectivity index (χ3v) is 5.87. The molecule has 1 unspecified atom stereocenters. The summed E-state index contributed by atoms with van der Waals surface area (Å²) < 4.78 is 16.9. The van der Waals surface area contributed by atoms with Gasteiger partial charge in [0.05, 0.1) is 17.6 Å². The number of nitrogens with two attached hydrogens (primary N) is 1. The van der Waals surface area contributed by atoms with Crippen LogP contribution >= 0.6 is 0 Å². The van der Waals surface area contributed by atoms with Crippen molar-refractivity contribution < 1.29 is 19.1 Å². The molecule has 2 aromatic heterocycles. The van der Waals surface area contributed by atoms with E-state index in [1.165, 1.54) is 6.20 Å². The molecule has 0 radical (unpaired) electrons. The highest BCUT2D eigenvalue weighted by Crippen LogP contribution is 2.38. The normalized spacial score (nSPS) is 22.7. The first-order valence-corrected chi connectivity index (χ1v) is 10.6. The van der Waals surface area contributed by atoms with Crippen LogP contribution in [0.25, 0.3) is 11.0 Å². The van der Waals surface area contributed by atoms with Crippen molar-refractivity contribution in [3.63, 3.8) is 0 Å². The number of aromatic nitrogens is 2. The Balaban J connectivity index is 1.81. The van der Waals surface area contributed by atoms with Crippen LogP contribution in [0.5, 0.6) is 0 Å². The van der Waals surface area contributed by atoms with Gasteiger partial charge in [-0.2, -0.15) is 0 Å². The maximum Gasteiger partial charge on any atom is 0.341 e. The zero-order valence-electron chi connectivity index (χ0n) is 18.7. The van der Waals surface area contributed by atoms with Gasteiger partial charge in [0.2, 0.25) is 5.43 Å². The van der Waals surface area contributed by atoms with E-state index in [4.69, 9.17) is 10.6 Å². The Labute approximate surface area is 184 Å². The maximum absolute atomic E-state index is 15.2. The Morgan fingerprint density at radius 3 is 2.69 bits per heavy atom. The quantitative estimate of drug-likeness (QED) is 0.678. The molecule has 0 spiro atoms. The second-order valence-electron chi connectivity index (χ2n) is 9.84. The number of hydrogen-bond donors (Lipinski definition) is 2. The van der Waals surface area contributed by atoms with E-state index in [0.29, 0.717) is 18.8 Å². The van der Waals surface area contributed by atoms with Gasteiger partial charge in [-0.25, -0.2) is 14.2 Å². The first-order chi connectivity index (χ1) is 14.9. The van der Waals surface area contributed by atoms with Crippen molar-refractivity contribution in [1.82, 2.24) is 9.55 Å². The predicted molar refractivity (Wildman–Crippen MR) is 119 cm³/mol. The van der Waals surface area contributed by atoms with Crippen LogP contribution in [0, 0.1) is 11.2 Å². The fourth-order valence-corrected chi connectivity index (χ4v) is 3.85. The summed E-state index contributed by atoms with van der Waals surface area (Å²) in [6, 6.07) is 1.14. The van der Waals surface area contributed by atoms with E-state index in [0.717, 1.165) is 18.9 Å². The fourth-order valence-electron chi connectivity index (χ4n) is 3.85. The number of anilines is 1. The van der Waals surface area contributed by atoms with Crippen molar-refractivity contribution in [2.24, 2.45) is 16.3 Å². The van der Waals surface area contributed by atoms with Gasteiger partial charge in [-0.1, -0.05) is 12.1 Å². The summed E-state index contributed by atoms with van der Waals surface area (Å²) in [7, 11) is 0. The van der Waals surface area contributed by atoms with Gasteiger partial charge in [-0.05, 0) is 39.7 Å². The number of oxime groups is 1. The number of pyridine rings is 2. The lowest BCUT2D eigenvalue weighted by Gasteiger charge is -2.24. The van der Waals surface area contributed by atoms with E-state index in [1.807, 2.05) is 27.7 Å². The molecule has 0 bridgehead atoms. The van der Waals surface area contributed by atoms with Crippen molar-refractivity contribution in [3.05, 3.63) is 33.9 Å². The molecule has 2 aliphatic rings. The Bertz CT molecular complexity index is 1180. The summed E-state index contributed by atoms with van der Waals surface area (Å²) >= 11 is 0. The first kappa shape index (κ1) is 22.2. The monoisotopic (exact) mass is 445 g/mol. The molecule has 1 saturated heterocycles. The third kappa shape index (κ3) is 3.94. The average Bonchev–Trinajstić information content (AvgIpc) is 3.49. The number of carboxylic acids is 1. The summed E-state index contributed by atoms with van der Waals surface area (Å²) in [6.45, 7) is 8.55. The van der Waals surface area contributed by atoms with Gasteiger partial charge in [-0.3, -0.25) is 4.79 Å². The van der Waals surface area contributed by atoms with E-state index >= 15 is 4.39 Å². The minimum Gasteiger partial charge on any atom is -0.477 e. The molecule has 10 heteroatoms. The molecule has 0 aromatic carbocycles. The minimum absolute atomic E-state index is 0.0382. The first-order valence-electron chi connectivity index (χ1n) is 10.6. The van der Waals surface area contributed by atoms with Crippen LogP contribution in [0.15, 0.2) is 22.2 Å². The summed E-state index contributed by atoms with van der Waals surface area (Å²) in [5, 5.41) is 13.7. The molecular formula is C22H28FN5O4. The Hall–Kier alpha value is -3.01. The molecule has 3 heterocycles. The molecule has 1 aliphatic carbocycles. The average molecular weight is 445 g/mol. The number of hydrogen-bond acceptors (Lipinski definition) is 7.